The third-order valence-electron chi connectivity index (χ3n) is 4.50. The second kappa shape index (κ2) is 4.30. The second-order valence-electron chi connectivity index (χ2n) is 6.49. The van der Waals surface area contributed by atoms with E-state index >= 15 is 0 Å². The monoisotopic (exact) mass is 276 g/mol. The number of aryl methyl sites for hydroxylation is 1. The largest absolute Gasteiger partial charge is 0.337 e. The van der Waals surface area contributed by atoms with Gasteiger partial charge >= 0.3 is 0 Å². The molecular weight excluding hydrogens is 256 g/mol. The lowest BCUT2D eigenvalue weighted by Crippen LogP contribution is -2.61. The average molecular weight is 276 g/mol. The summed E-state index contributed by atoms with van der Waals surface area (Å²) in [7, 11) is 2.00. The van der Waals surface area contributed by atoms with Crippen molar-refractivity contribution in [2.45, 2.75) is 31.4 Å². The fraction of sp³-hybridized carbons (Fsp3) is 0.714. The summed E-state index contributed by atoms with van der Waals surface area (Å²) >= 11 is 0. The molecule has 108 valence electrons. The molecule has 2 aliphatic heterocycles. The molecule has 1 aromatic heterocycles. The highest BCUT2D eigenvalue weighted by molar-refractivity contribution is 5.78. The molecule has 0 aromatic carbocycles. The normalized spacial score (nSPS) is 25.4. The van der Waals surface area contributed by atoms with Gasteiger partial charge in [0.05, 0.1) is 25.0 Å². The van der Waals surface area contributed by atoms with Crippen molar-refractivity contribution in [3.63, 3.8) is 0 Å². The van der Waals surface area contributed by atoms with Crippen molar-refractivity contribution >= 4 is 5.91 Å². The van der Waals surface area contributed by atoms with Gasteiger partial charge < -0.3 is 4.57 Å². The van der Waals surface area contributed by atoms with E-state index in [1.807, 2.05) is 24.1 Å². The Labute approximate surface area is 118 Å². The number of hydrogen-bond donors (Lipinski definition) is 0. The van der Waals surface area contributed by atoms with E-state index in [4.69, 9.17) is 4.84 Å². The van der Waals surface area contributed by atoms with E-state index in [0.717, 1.165) is 26.2 Å². The Kier molecular flexibility index (Phi) is 2.65. The second-order valence-corrected chi connectivity index (χ2v) is 6.49. The van der Waals surface area contributed by atoms with Gasteiger partial charge in [-0.2, -0.15) is 0 Å². The maximum absolute atomic E-state index is 12.0. The molecule has 1 amide bonds. The van der Waals surface area contributed by atoms with Crippen LogP contribution in [0.15, 0.2) is 12.5 Å². The molecule has 0 N–H and O–H groups in total. The average Bonchev–Trinajstić information content (AvgIpc) is 3.00. The molecule has 1 saturated carbocycles. The number of imidazole rings is 1. The van der Waals surface area contributed by atoms with Crippen LogP contribution in [0.2, 0.25) is 0 Å². The van der Waals surface area contributed by atoms with Gasteiger partial charge in [0.1, 0.15) is 5.60 Å². The Bertz CT molecular complexity index is 531. The molecule has 1 aromatic rings. The van der Waals surface area contributed by atoms with Crippen LogP contribution in [-0.4, -0.2) is 50.7 Å². The van der Waals surface area contributed by atoms with Gasteiger partial charge in [0.2, 0.25) is 5.91 Å². The fourth-order valence-corrected chi connectivity index (χ4v) is 3.17. The standard InChI is InChI=1S/C14H20N4O2/c1-16-10-15-5-12(16)7-17-8-14(9-17)4-13(19)18(20-14)6-11-2-3-11/h5,10-11H,2-4,6-9H2,1H3. The zero-order valence-electron chi connectivity index (χ0n) is 11.8. The van der Waals surface area contributed by atoms with Crippen LogP contribution in [0.5, 0.6) is 0 Å². The Morgan fingerprint density at radius 1 is 1.45 bits per heavy atom. The van der Waals surface area contributed by atoms with E-state index in [-0.39, 0.29) is 11.5 Å². The minimum atomic E-state index is -0.245. The topological polar surface area (TPSA) is 50.6 Å². The predicted octanol–water partition coefficient (Wildman–Crippen LogP) is 0.548. The van der Waals surface area contributed by atoms with Crippen molar-refractivity contribution in [2.75, 3.05) is 19.6 Å². The molecule has 4 rings (SSSR count). The van der Waals surface area contributed by atoms with Crippen molar-refractivity contribution < 1.29 is 9.63 Å². The number of nitrogens with zero attached hydrogens (tertiary/aromatic N) is 4. The highest BCUT2D eigenvalue weighted by Crippen LogP contribution is 2.39. The minimum Gasteiger partial charge on any atom is -0.337 e. The van der Waals surface area contributed by atoms with Crippen molar-refractivity contribution in [3.05, 3.63) is 18.2 Å². The Morgan fingerprint density at radius 2 is 2.25 bits per heavy atom. The Morgan fingerprint density at radius 3 is 2.90 bits per heavy atom. The summed E-state index contributed by atoms with van der Waals surface area (Å²) in [4.78, 5) is 24.4. The maximum atomic E-state index is 12.0. The lowest BCUT2D eigenvalue weighted by Gasteiger charge is -2.45. The first-order valence-corrected chi connectivity index (χ1v) is 7.31. The van der Waals surface area contributed by atoms with Gasteiger partial charge in [-0.05, 0) is 18.8 Å². The highest BCUT2D eigenvalue weighted by atomic mass is 16.7. The van der Waals surface area contributed by atoms with E-state index in [2.05, 4.69) is 9.88 Å². The molecule has 0 unspecified atom stereocenters. The number of aromatic nitrogens is 2. The Balaban J connectivity index is 1.33. The minimum absolute atomic E-state index is 0.164. The lowest BCUT2D eigenvalue weighted by molar-refractivity contribution is -0.238. The third kappa shape index (κ3) is 2.13. The number of carbonyl (C=O) groups is 1. The predicted molar refractivity (Wildman–Crippen MR) is 71.4 cm³/mol. The van der Waals surface area contributed by atoms with Gasteiger partial charge in [-0.1, -0.05) is 0 Å². The van der Waals surface area contributed by atoms with Crippen LogP contribution >= 0.6 is 0 Å². The van der Waals surface area contributed by atoms with Crippen LogP contribution in [-0.2, 0) is 23.2 Å². The van der Waals surface area contributed by atoms with Gasteiger partial charge in [-0.3, -0.25) is 14.5 Å². The summed E-state index contributed by atoms with van der Waals surface area (Å²) in [6, 6.07) is 0. The first kappa shape index (κ1) is 12.3. The first-order valence-electron chi connectivity index (χ1n) is 7.31. The van der Waals surface area contributed by atoms with E-state index in [9.17, 15) is 4.79 Å². The van der Waals surface area contributed by atoms with Crippen molar-refractivity contribution in [3.8, 4) is 0 Å². The van der Waals surface area contributed by atoms with Gasteiger partial charge in [-0.25, -0.2) is 10.0 Å². The van der Waals surface area contributed by atoms with Crippen LogP contribution in [0, 0.1) is 5.92 Å². The maximum Gasteiger partial charge on any atom is 0.249 e. The van der Waals surface area contributed by atoms with E-state index < -0.39 is 0 Å². The number of carbonyl (C=O) groups excluding carboxylic acids is 1. The summed E-state index contributed by atoms with van der Waals surface area (Å²) in [5, 5.41) is 1.62. The third-order valence-corrected chi connectivity index (χ3v) is 4.50. The molecule has 1 spiro atoms. The number of rotatable bonds is 4. The molecule has 3 aliphatic rings. The van der Waals surface area contributed by atoms with Crippen molar-refractivity contribution in [2.24, 2.45) is 13.0 Å². The number of hydrogen-bond acceptors (Lipinski definition) is 4. The Hall–Kier alpha value is -1.40. The molecule has 20 heavy (non-hydrogen) atoms. The van der Waals surface area contributed by atoms with Crippen LogP contribution in [0.4, 0.5) is 0 Å². The molecule has 0 atom stereocenters. The molecule has 6 heteroatoms. The summed E-state index contributed by atoms with van der Waals surface area (Å²) < 4.78 is 2.03. The highest BCUT2D eigenvalue weighted by Gasteiger charge is 2.53. The summed E-state index contributed by atoms with van der Waals surface area (Å²) in [6.45, 7) is 3.34. The molecule has 3 heterocycles. The first-order chi connectivity index (χ1) is 9.63. The zero-order chi connectivity index (χ0) is 13.7. The van der Waals surface area contributed by atoms with Gasteiger partial charge in [0, 0.05) is 32.9 Å². The van der Waals surface area contributed by atoms with E-state index in [0.29, 0.717) is 12.3 Å². The number of amides is 1. The van der Waals surface area contributed by atoms with E-state index in [1.54, 1.807) is 5.06 Å². The molecule has 2 saturated heterocycles. The van der Waals surface area contributed by atoms with Gasteiger partial charge in [-0.15, -0.1) is 0 Å². The van der Waals surface area contributed by atoms with E-state index in [1.165, 1.54) is 18.5 Å². The number of likely N-dealkylation sites (tertiary alicyclic amines) is 1. The van der Waals surface area contributed by atoms with Crippen molar-refractivity contribution in [1.29, 1.82) is 0 Å². The fourth-order valence-electron chi connectivity index (χ4n) is 3.17. The summed E-state index contributed by atoms with van der Waals surface area (Å²) in [6.07, 6.45) is 6.74. The van der Waals surface area contributed by atoms with Gasteiger partial charge in [0.15, 0.2) is 0 Å². The van der Waals surface area contributed by atoms with Crippen LogP contribution in [0.25, 0.3) is 0 Å². The zero-order valence-corrected chi connectivity index (χ0v) is 11.8. The smallest absolute Gasteiger partial charge is 0.249 e. The molecule has 6 nitrogen and oxygen atoms in total. The van der Waals surface area contributed by atoms with Crippen LogP contribution < -0.4 is 0 Å². The molecular formula is C14H20N4O2. The van der Waals surface area contributed by atoms with Crippen LogP contribution in [0.3, 0.4) is 0 Å². The number of hydroxylamine groups is 2. The quantitative estimate of drug-likeness (QED) is 0.806. The molecule has 0 bridgehead atoms. The van der Waals surface area contributed by atoms with Gasteiger partial charge in [0.25, 0.3) is 0 Å². The van der Waals surface area contributed by atoms with Crippen molar-refractivity contribution in [1.82, 2.24) is 19.5 Å². The lowest BCUT2D eigenvalue weighted by atomic mass is 9.91. The summed E-state index contributed by atoms with van der Waals surface area (Å²) in [5.41, 5.74) is 0.948. The summed E-state index contributed by atoms with van der Waals surface area (Å²) in [5.74, 6) is 0.844. The molecule has 0 radical (unpaired) electrons. The SMILES string of the molecule is Cn1cncc1CN1CC2(CC(=O)N(CC3CC3)O2)C1. The molecule has 1 aliphatic carbocycles. The molecule has 3 fully saturated rings. The van der Waals surface area contributed by atoms with Crippen LogP contribution in [0.1, 0.15) is 25.0 Å².